The molecule has 1 aromatic rings. The molecule has 1 aliphatic rings. The summed E-state index contributed by atoms with van der Waals surface area (Å²) < 4.78 is 0. The van der Waals surface area contributed by atoms with Crippen LogP contribution >= 0.6 is 0 Å². The number of rotatable bonds is 7. The van der Waals surface area contributed by atoms with E-state index in [1.165, 1.54) is 63.7 Å². The second kappa shape index (κ2) is 8.01. The summed E-state index contributed by atoms with van der Waals surface area (Å²) in [5.74, 6) is 1.02. The summed E-state index contributed by atoms with van der Waals surface area (Å²) in [6.45, 7) is 10.6. The molecule has 0 radical (unpaired) electrons. The van der Waals surface area contributed by atoms with Crippen molar-refractivity contribution in [3.8, 4) is 5.75 Å². The Morgan fingerprint density at radius 1 is 1.23 bits per heavy atom. The molecule has 1 N–H and O–H groups in total. The van der Waals surface area contributed by atoms with E-state index >= 15 is 0 Å². The van der Waals surface area contributed by atoms with Crippen LogP contribution in [0.4, 0.5) is 0 Å². The molecule has 1 aliphatic heterocycles. The molecule has 0 spiro atoms. The predicted molar refractivity (Wildman–Crippen MR) is 94.4 cm³/mol. The van der Waals surface area contributed by atoms with E-state index in [0.29, 0.717) is 11.7 Å². The van der Waals surface area contributed by atoms with E-state index in [1.54, 1.807) is 6.07 Å². The number of benzene rings is 1. The molecule has 1 heterocycles. The molecule has 2 rings (SSSR count). The number of hydrogen-bond donors (Lipinski definition) is 1. The Labute approximate surface area is 136 Å². The van der Waals surface area contributed by atoms with Crippen LogP contribution in [0.1, 0.15) is 64.9 Å². The largest absolute Gasteiger partial charge is 0.508 e. The number of likely N-dealkylation sites (tertiary alicyclic amines) is 1. The molecule has 2 heteroatoms. The molecular weight excluding hydrogens is 270 g/mol. The Kier molecular flexibility index (Phi) is 6.31. The molecule has 0 unspecified atom stereocenters. The average molecular weight is 303 g/mol. The van der Waals surface area contributed by atoms with Crippen molar-refractivity contribution in [2.24, 2.45) is 5.92 Å². The van der Waals surface area contributed by atoms with Gasteiger partial charge in [-0.1, -0.05) is 58.6 Å². The minimum absolute atomic E-state index is 0.192. The van der Waals surface area contributed by atoms with Gasteiger partial charge in [-0.2, -0.15) is 0 Å². The van der Waals surface area contributed by atoms with Gasteiger partial charge < -0.3 is 10.0 Å². The number of phenolic OH excluding ortho intramolecular Hbond substituents is 1. The monoisotopic (exact) mass is 303 g/mol. The lowest BCUT2D eigenvalue weighted by molar-refractivity contribution is 0.109. The van der Waals surface area contributed by atoms with Crippen LogP contribution in [0.25, 0.3) is 0 Å². The molecule has 0 bridgehead atoms. The summed E-state index contributed by atoms with van der Waals surface area (Å²) in [5, 5.41) is 9.77. The number of piperidine rings is 1. The minimum atomic E-state index is 0.192. The zero-order valence-electron chi connectivity index (χ0n) is 14.6. The number of unbranched alkanes of at least 4 members (excludes halogenated alkanes) is 4. The Balaban J connectivity index is 1.87. The predicted octanol–water partition coefficient (Wildman–Crippen LogP) is 4.96. The molecule has 0 saturated carbocycles. The summed E-state index contributed by atoms with van der Waals surface area (Å²) in [6, 6.07) is 7.87. The maximum Gasteiger partial charge on any atom is 0.115 e. The van der Waals surface area contributed by atoms with E-state index < -0.39 is 0 Å². The Hall–Kier alpha value is -1.02. The lowest BCUT2D eigenvalue weighted by atomic mass is 9.68. The Morgan fingerprint density at radius 2 is 2.00 bits per heavy atom. The summed E-state index contributed by atoms with van der Waals surface area (Å²) >= 11 is 0. The second-order valence-electron chi connectivity index (χ2n) is 7.33. The van der Waals surface area contributed by atoms with Gasteiger partial charge in [0.2, 0.25) is 0 Å². The summed E-state index contributed by atoms with van der Waals surface area (Å²) in [7, 11) is 0. The quantitative estimate of drug-likeness (QED) is 0.719. The third-order valence-corrected chi connectivity index (χ3v) is 5.65. The van der Waals surface area contributed by atoms with Crippen LogP contribution < -0.4 is 0 Å². The fraction of sp³-hybridized carbons (Fsp3) is 0.700. The van der Waals surface area contributed by atoms with Crippen LogP contribution in [0, 0.1) is 5.92 Å². The van der Waals surface area contributed by atoms with Crippen LogP contribution in [0.2, 0.25) is 0 Å². The van der Waals surface area contributed by atoms with Crippen molar-refractivity contribution in [3.63, 3.8) is 0 Å². The standard InChI is InChI=1S/C20H33NO/c1-4-5-6-7-8-13-21-14-12-20(3,17(2)16-21)18-10-9-11-19(22)15-18/h9-11,15,17,22H,4-8,12-14,16H2,1-3H3/t17-,20+/m1/s1. The molecule has 1 saturated heterocycles. The number of aromatic hydroxyl groups is 1. The first-order valence-electron chi connectivity index (χ1n) is 9.08. The Bertz CT molecular complexity index is 459. The fourth-order valence-corrected chi connectivity index (χ4v) is 3.75. The lowest BCUT2D eigenvalue weighted by Gasteiger charge is -2.45. The molecule has 1 aromatic carbocycles. The van der Waals surface area contributed by atoms with Crippen molar-refractivity contribution in [2.75, 3.05) is 19.6 Å². The number of hydrogen-bond acceptors (Lipinski definition) is 2. The second-order valence-corrected chi connectivity index (χ2v) is 7.33. The highest BCUT2D eigenvalue weighted by molar-refractivity contribution is 5.33. The van der Waals surface area contributed by atoms with Crippen molar-refractivity contribution in [3.05, 3.63) is 29.8 Å². The van der Waals surface area contributed by atoms with Crippen LogP contribution in [-0.2, 0) is 5.41 Å². The summed E-state index contributed by atoms with van der Waals surface area (Å²) in [4.78, 5) is 2.64. The third-order valence-electron chi connectivity index (χ3n) is 5.65. The van der Waals surface area contributed by atoms with E-state index in [4.69, 9.17) is 0 Å². The fourth-order valence-electron chi connectivity index (χ4n) is 3.75. The van der Waals surface area contributed by atoms with Gasteiger partial charge >= 0.3 is 0 Å². The van der Waals surface area contributed by atoms with E-state index in [-0.39, 0.29) is 5.41 Å². The molecule has 22 heavy (non-hydrogen) atoms. The first-order chi connectivity index (χ1) is 10.6. The van der Waals surface area contributed by atoms with Crippen molar-refractivity contribution in [1.29, 1.82) is 0 Å². The maximum absolute atomic E-state index is 9.77. The first kappa shape index (κ1) is 17.3. The van der Waals surface area contributed by atoms with Gasteiger partial charge in [0, 0.05) is 6.54 Å². The van der Waals surface area contributed by atoms with Gasteiger partial charge in [0.1, 0.15) is 5.75 Å². The first-order valence-corrected chi connectivity index (χ1v) is 9.08. The maximum atomic E-state index is 9.77. The molecule has 0 aromatic heterocycles. The number of phenols is 1. The average Bonchev–Trinajstić information content (AvgIpc) is 2.50. The van der Waals surface area contributed by atoms with E-state index in [2.05, 4.69) is 31.7 Å². The van der Waals surface area contributed by atoms with Crippen molar-refractivity contribution in [1.82, 2.24) is 4.90 Å². The van der Waals surface area contributed by atoms with Crippen LogP contribution in [-0.4, -0.2) is 29.6 Å². The topological polar surface area (TPSA) is 23.5 Å². The van der Waals surface area contributed by atoms with Crippen LogP contribution in [0.3, 0.4) is 0 Å². The van der Waals surface area contributed by atoms with Crippen LogP contribution in [0.5, 0.6) is 5.75 Å². The van der Waals surface area contributed by atoms with Gasteiger partial charge in [-0.25, -0.2) is 0 Å². The highest BCUT2D eigenvalue weighted by Crippen LogP contribution is 2.40. The zero-order chi connectivity index (χ0) is 16.0. The van der Waals surface area contributed by atoms with Gasteiger partial charge in [0.25, 0.3) is 0 Å². The van der Waals surface area contributed by atoms with Gasteiger partial charge in [0.05, 0.1) is 0 Å². The summed E-state index contributed by atoms with van der Waals surface area (Å²) in [6.07, 6.45) is 8.00. The summed E-state index contributed by atoms with van der Waals surface area (Å²) in [5.41, 5.74) is 1.49. The van der Waals surface area contributed by atoms with Crippen molar-refractivity contribution in [2.45, 2.75) is 64.7 Å². The van der Waals surface area contributed by atoms with E-state index in [9.17, 15) is 5.11 Å². The van der Waals surface area contributed by atoms with Crippen LogP contribution in [0.15, 0.2) is 24.3 Å². The highest BCUT2D eigenvalue weighted by Gasteiger charge is 2.37. The van der Waals surface area contributed by atoms with Crippen molar-refractivity contribution >= 4 is 0 Å². The van der Waals surface area contributed by atoms with Gasteiger partial charge in [0.15, 0.2) is 0 Å². The molecule has 2 nitrogen and oxygen atoms in total. The molecule has 124 valence electrons. The molecular formula is C20H33NO. The normalized spacial score (nSPS) is 26.2. The van der Waals surface area contributed by atoms with Gasteiger partial charge in [-0.15, -0.1) is 0 Å². The van der Waals surface area contributed by atoms with Crippen molar-refractivity contribution < 1.29 is 5.11 Å². The van der Waals surface area contributed by atoms with Gasteiger partial charge in [-0.3, -0.25) is 0 Å². The zero-order valence-corrected chi connectivity index (χ0v) is 14.6. The number of nitrogens with zero attached hydrogens (tertiary/aromatic N) is 1. The van der Waals surface area contributed by atoms with E-state index in [1.807, 2.05) is 12.1 Å². The highest BCUT2D eigenvalue weighted by atomic mass is 16.3. The van der Waals surface area contributed by atoms with E-state index in [0.717, 1.165) is 0 Å². The molecule has 0 amide bonds. The minimum Gasteiger partial charge on any atom is -0.508 e. The van der Waals surface area contributed by atoms with Gasteiger partial charge in [-0.05, 0) is 55.0 Å². The lowest BCUT2D eigenvalue weighted by Crippen LogP contribution is -2.47. The SMILES string of the molecule is CCCCCCCN1CC[C@](C)(c2cccc(O)c2)[C@H](C)C1. The molecule has 2 atom stereocenters. The molecule has 1 fully saturated rings. The Morgan fingerprint density at radius 3 is 2.68 bits per heavy atom. The molecule has 0 aliphatic carbocycles. The third kappa shape index (κ3) is 4.25. The smallest absolute Gasteiger partial charge is 0.115 e.